The van der Waals surface area contributed by atoms with Crippen LogP contribution in [0.5, 0.6) is 0 Å². The Bertz CT molecular complexity index is 764. The number of nitrogens with zero attached hydrogens (tertiary/aromatic N) is 1. The Labute approximate surface area is 131 Å². The highest BCUT2D eigenvalue weighted by Crippen LogP contribution is 2.23. The van der Waals surface area contributed by atoms with E-state index in [1.165, 1.54) is 6.20 Å². The summed E-state index contributed by atoms with van der Waals surface area (Å²) in [5.74, 6) is -0.416. The maximum absolute atomic E-state index is 12.6. The first-order valence-corrected chi connectivity index (χ1v) is 8.51. The molecule has 0 bridgehead atoms. The first-order valence-electron chi connectivity index (χ1n) is 6.28. The van der Waals surface area contributed by atoms with Crippen molar-refractivity contribution in [3.05, 3.63) is 52.3 Å². The SMILES string of the molecule is Cc1ccc(S(=O)(=O)n2cc(CCC(N)=O)cc2Br)cc1. The van der Waals surface area contributed by atoms with Gasteiger partial charge in [-0.15, -0.1) is 0 Å². The molecule has 21 heavy (non-hydrogen) atoms. The lowest BCUT2D eigenvalue weighted by Crippen LogP contribution is -2.12. The van der Waals surface area contributed by atoms with Crippen LogP contribution in [0.25, 0.3) is 0 Å². The van der Waals surface area contributed by atoms with Gasteiger partial charge in [-0.05, 0) is 53.0 Å². The van der Waals surface area contributed by atoms with Gasteiger partial charge in [0.25, 0.3) is 10.0 Å². The Balaban J connectivity index is 2.36. The van der Waals surface area contributed by atoms with E-state index < -0.39 is 15.9 Å². The van der Waals surface area contributed by atoms with E-state index in [4.69, 9.17) is 5.73 Å². The van der Waals surface area contributed by atoms with Crippen LogP contribution in [-0.4, -0.2) is 18.3 Å². The number of hydrogen-bond acceptors (Lipinski definition) is 3. The maximum Gasteiger partial charge on any atom is 0.268 e. The van der Waals surface area contributed by atoms with Crippen molar-refractivity contribution in [2.45, 2.75) is 24.7 Å². The van der Waals surface area contributed by atoms with Gasteiger partial charge >= 0.3 is 0 Å². The van der Waals surface area contributed by atoms with E-state index >= 15 is 0 Å². The summed E-state index contributed by atoms with van der Waals surface area (Å²) in [6, 6.07) is 8.31. The number of carbonyl (C=O) groups excluding carboxylic acids is 1. The second-order valence-electron chi connectivity index (χ2n) is 4.75. The summed E-state index contributed by atoms with van der Waals surface area (Å²) >= 11 is 3.24. The molecule has 2 N–H and O–H groups in total. The summed E-state index contributed by atoms with van der Waals surface area (Å²) in [6.45, 7) is 1.89. The fourth-order valence-electron chi connectivity index (χ4n) is 1.88. The number of primary amides is 1. The average molecular weight is 371 g/mol. The topological polar surface area (TPSA) is 82.2 Å². The van der Waals surface area contributed by atoms with Crippen LogP contribution in [-0.2, 0) is 21.2 Å². The lowest BCUT2D eigenvalue weighted by molar-refractivity contribution is -0.117. The average Bonchev–Trinajstić information content (AvgIpc) is 2.79. The van der Waals surface area contributed by atoms with Gasteiger partial charge in [-0.25, -0.2) is 12.4 Å². The predicted octanol–water partition coefficient (Wildman–Crippen LogP) is 2.21. The highest BCUT2D eigenvalue weighted by atomic mass is 79.9. The third-order valence-corrected chi connectivity index (χ3v) is 5.57. The molecule has 0 atom stereocenters. The number of rotatable bonds is 5. The zero-order valence-electron chi connectivity index (χ0n) is 11.4. The Hall–Kier alpha value is -1.60. The summed E-state index contributed by atoms with van der Waals surface area (Å²) in [6.07, 6.45) is 2.09. The van der Waals surface area contributed by atoms with Crippen molar-refractivity contribution in [2.75, 3.05) is 0 Å². The van der Waals surface area contributed by atoms with Gasteiger partial charge in [-0.3, -0.25) is 4.79 Å². The molecule has 1 amide bonds. The zero-order valence-corrected chi connectivity index (χ0v) is 13.8. The number of carbonyl (C=O) groups is 1. The minimum atomic E-state index is -3.65. The minimum Gasteiger partial charge on any atom is -0.370 e. The third kappa shape index (κ3) is 3.54. The monoisotopic (exact) mass is 370 g/mol. The number of amides is 1. The van der Waals surface area contributed by atoms with Gasteiger partial charge < -0.3 is 5.73 Å². The summed E-state index contributed by atoms with van der Waals surface area (Å²) in [7, 11) is -3.65. The molecule has 0 unspecified atom stereocenters. The van der Waals surface area contributed by atoms with Crippen molar-refractivity contribution in [1.82, 2.24) is 3.97 Å². The maximum atomic E-state index is 12.6. The van der Waals surface area contributed by atoms with Crippen LogP contribution in [0.15, 0.2) is 46.0 Å². The molecule has 0 aliphatic carbocycles. The summed E-state index contributed by atoms with van der Waals surface area (Å²) < 4.78 is 26.7. The third-order valence-electron chi connectivity index (χ3n) is 3.04. The van der Waals surface area contributed by atoms with Crippen LogP contribution >= 0.6 is 15.9 Å². The van der Waals surface area contributed by atoms with E-state index in [1.807, 2.05) is 6.92 Å². The number of nitrogens with two attached hydrogens (primary N) is 1. The van der Waals surface area contributed by atoms with Crippen molar-refractivity contribution in [3.63, 3.8) is 0 Å². The van der Waals surface area contributed by atoms with E-state index in [2.05, 4.69) is 15.9 Å². The van der Waals surface area contributed by atoms with Gasteiger partial charge in [0.1, 0.15) is 4.60 Å². The molecular weight excluding hydrogens is 356 g/mol. The van der Waals surface area contributed by atoms with Crippen LogP contribution in [0.4, 0.5) is 0 Å². The Kier molecular flexibility index (Phi) is 4.53. The minimum absolute atomic E-state index is 0.182. The highest BCUT2D eigenvalue weighted by molar-refractivity contribution is 9.10. The molecule has 0 saturated carbocycles. The van der Waals surface area contributed by atoms with Crippen molar-refractivity contribution in [2.24, 2.45) is 5.73 Å². The smallest absolute Gasteiger partial charge is 0.268 e. The molecule has 1 heterocycles. The number of aryl methyl sites for hydroxylation is 2. The lowest BCUT2D eigenvalue weighted by Gasteiger charge is -2.07. The van der Waals surface area contributed by atoms with E-state index in [9.17, 15) is 13.2 Å². The van der Waals surface area contributed by atoms with Gasteiger partial charge in [0.2, 0.25) is 5.91 Å². The number of hydrogen-bond donors (Lipinski definition) is 1. The van der Waals surface area contributed by atoms with Gasteiger partial charge in [0.15, 0.2) is 0 Å². The van der Waals surface area contributed by atoms with Crippen LogP contribution in [0, 0.1) is 6.92 Å². The second kappa shape index (κ2) is 6.03. The standard InChI is InChI=1S/C14H15BrN2O3S/c1-10-2-5-12(6-3-10)21(19,20)17-9-11(8-13(17)15)4-7-14(16)18/h2-3,5-6,8-9H,4,7H2,1H3,(H2,16,18). The van der Waals surface area contributed by atoms with Crippen molar-refractivity contribution >= 4 is 31.9 Å². The van der Waals surface area contributed by atoms with Crippen molar-refractivity contribution in [1.29, 1.82) is 0 Å². The lowest BCUT2D eigenvalue weighted by atomic mass is 10.2. The van der Waals surface area contributed by atoms with E-state index in [0.717, 1.165) is 15.1 Å². The second-order valence-corrected chi connectivity index (χ2v) is 7.38. The predicted molar refractivity (Wildman–Crippen MR) is 83.4 cm³/mol. The van der Waals surface area contributed by atoms with Crippen LogP contribution in [0.2, 0.25) is 0 Å². The molecule has 0 radical (unpaired) electrons. The highest BCUT2D eigenvalue weighted by Gasteiger charge is 2.19. The van der Waals surface area contributed by atoms with E-state index in [-0.39, 0.29) is 11.3 Å². The molecular formula is C14H15BrN2O3S. The molecule has 5 nitrogen and oxygen atoms in total. The Morgan fingerprint density at radius 2 is 1.90 bits per heavy atom. The molecule has 0 aliphatic rings. The van der Waals surface area contributed by atoms with Gasteiger partial charge in [-0.2, -0.15) is 0 Å². The van der Waals surface area contributed by atoms with Crippen molar-refractivity contribution < 1.29 is 13.2 Å². The molecule has 0 spiro atoms. The summed E-state index contributed by atoms with van der Waals surface area (Å²) in [4.78, 5) is 11.0. The summed E-state index contributed by atoms with van der Waals surface area (Å²) in [5, 5.41) is 0. The molecule has 0 saturated heterocycles. The van der Waals surface area contributed by atoms with E-state index in [0.29, 0.717) is 11.0 Å². The molecule has 112 valence electrons. The number of benzene rings is 1. The van der Waals surface area contributed by atoms with Crippen LogP contribution in [0.1, 0.15) is 17.5 Å². The number of aromatic nitrogens is 1. The normalized spacial score (nSPS) is 11.5. The van der Waals surface area contributed by atoms with Gasteiger partial charge in [0, 0.05) is 12.6 Å². The van der Waals surface area contributed by atoms with Gasteiger partial charge in [0.05, 0.1) is 4.90 Å². The first kappa shape index (κ1) is 15.8. The molecule has 2 rings (SSSR count). The Morgan fingerprint density at radius 3 is 2.48 bits per heavy atom. The molecule has 1 aromatic carbocycles. The zero-order chi connectivity index (χ0) is 15.6. The molecule has 0 aliphatic heterocycles. The first-order chi connectivity index (χ1) is 9.80. The molecule has 7 heteroatoms. The van der Waals surface area contributed by atoms with Crippen LogP contribution < -0.4 is 5.73 Å². The molecule has 0 fully saturated rings. The largest absolute Gasteiger partial charge is 0.370 e. The molecule has 2 aromatic rings. The Morgan fingerprint density at radius 1 is 1.29 bits per heavy atom. The van der Waals surface area contributed by atoms with E-state index in [1.54, 1.807) is 30.3 Å². The fourth-order valence-corrected chi connectivity index (χ4v) is 4.11. The number of halogens is 1. The van der Waals surface area contributed by atoms with Crippen LogP contribution in [0.3, 0.4) is 0 Å². The summed E-state index contributed by atoms with van der Waals surface area (Å²) in [5.41, 5.74) is 6.82. The fraction of sp³-hybridized carbons (Fsp3) is 0.214. The molecule has 1 aromatic heterocycles. The van der Waals surface area contributed by atoms with Crippen molar-refractivity contribution in [3.8, 4) is 0 Å². The quantitative estimate of drug-likeness (QED) is 0.875. The van der Waals surface area contributed by atoms with Gasteiger partial charge in [-0.1, -0.05) is 17.7 Å².